The van der Waals surface area contributed by atoms with E-state index < -0.39 is 0 Å². The third-order valence-electron chi connectivity index (χ3n) is 9.21. The zero-order valence-electron chi connectivity index (χ0n) is 27.3. The number of furan rings is 1. The molecule has 0 unspecified atom stereocenters. The molecule has 3 heterocycles. The van der Waals surface area contributed by atoms with Crippen molar-refractivity contribution in [2.75, 3.05) is 0 Å². The van der Waals surface area contributed by atoms with E-state index in [1.165, 1.54) is 11.1 Å². The highest BCUT2D eigenvalue weighted by Crippen LogP contribution is 2.39. The number of rotatable bonds is 6. The van der Waals surface area contributed by atoms with Crippen LogP contribution in [-0.2, 0) is 0 Å². The van der Waals surface area contributed by atoms with Crippen molar-refractivity contribution < 1.29 is 4.42 Å². The first-order chi connectivity index (χ1) is 24.7. The fourth-order valence-electron chi connectivity index (χ4n) is 6.66. The molecule has 9 rings (SSSR count). The minimum atomic E-state index is 0.587. The van der Waals surface area contributed by atoms with E-state index in [2.05, 4.69) is 109 Å². The lowest BCUT2D eigenvalue weighted by atomic mass is 9.96. The van der Waals surface area contributed by atoms with Gasteiger partial charge in [-0.2, -0.15) is 0 Å². The zero-order chi connectivity index (χ0) is 33.4. The Bertz CT molecular complexity index is 2650. The summed E-state index contributed by atoms with van der Waals surface area (Å²) in [7, 11) is 0. The van der Waals surface area contributed by atoms with Gasteiger partial charge in [0.25, 0.3) is 0 Å². The number of fused-ring (bicyclic) bond motifs is 3. The molecule has 0 atom stereocenters. The van der Waals surface area contributed by atoms with E-state index in [-0.39, 0.29) is 0 Å². The van der Waals surface area contributed by atoms with Crippen molar-refractivity contribution in [3.8, 4) is 67.5 Å². The predicted molar refractivity (Wildman–Crippen MR) is 202 cm³/mol. The van der Waals surface area contributed by atoms with Gasteiger partial charge in [-0.1, -0.05) is 115 Å². The molecule has 9 aromatic rings. The molecule has 0 fully saturated rings. The predicted octanol–water partition coefficient (Wildman–Crippen LogP) is 11.5. The van der Waals surface area contributed by atoms with Gasteiger partial charge in [0.2, 0.25) is 0 Å². The van der Waals surface area contributed by atoms with Crippen LogP contribution in [0.2, 0.25) is 0 Å². The lowest BCUT2D eigenvalue weighted by Gasteiger charge is -2.10. The van der Waals surface area contributed by atoms with Gasteiger partial charge in [-0.05, 0) is 82.3 Å². The molecule has 3 aromatic heterocycles. The molecule has 0 aliphatic carbocycles. The Labute approximate surface area is 289 Å². The summed E-state index contributed by atoms with van der Waals surface area (Å²) in [6.07, 6.45) is 3.65. The molecule has 0 aliphatic rings. The van der Waals surface area contributed by atoms with Crippen molar-refractivity contribution >= 4 is 21.9 Å². The molecule has 0 spiro atoms. The number of hydrogen-bond acceptors (Lipinski definition) is 5. The quantitative estimate of drug-likeness (QED) is 0.181. The first-order valence-corrected chi connectivity index (χ1v) is 16.6. The van der Waals surface area contributed by atoms with Crippen molar-refractivity contribution in [1.29, 1.82) is 0 Å². The maximum Gasteiger partial charge on any atom is 0.164 e. The molecule has 0 amide bonds. The first-order valence-electron chi connectivity index (χ1n) is 16.6. The topological polar surface area (TPSA) is 64.7 Å². The highest BCUT2D eigenvalue weighted by Gasteiger charge is 2.17. The second kappa shape index (κ2) is 12.4. The standard InChI is InChI=1S/C45H30N4O/c1-29-9-5-6-14-37(29)31-17-19-33(20-18-31)44-47-43(32-10-3-2-4-11-32)48-45(49-44)36-21-22-39-41(28-36)50-40-16-8-15-38(42(39)40)35-13-7-12-34(27-35)30-23-25-46-26-24-30/h2-28H,1H3. The summed E-state index contributed by atoms with van der Waals surface area (Å²) in [5, 5.41) is 2.12. The average Bonchev–Trinajstić information content (AvgIpc) is 3.57. The molecule has 5 heteroatoms. The average molecular weight is 643 g/mol. The number of aryl methyl sites for hydroxylation is 1. The lowest BCUT2D eigenvalue weighted by Crippen LogP contribution is -2.00. The van der Waals surface area contributed by atoms with E-state index in [4.69, 9.17) is 19.4 Å². The van der Waals surface area contributed by atoms with Gasteiger partial charge in [0.05, 0.1) is 0 Å². The third-order valence-corrected chi connectivity index (χ3v) is 9.21. The van der Waals surface area contributed by atoms with Gasteiger partial charge in [0, 0.05) is 39.9 Å². The summed E-state index contributed by atoms with van der Waals surface area (Å²) in [5.41, 5.74) is 12.4. The van der Waals surface area contributed by atoms with E-state index in [0.717, 1.165) is 66.4 Å². The molecule has 0 saturated carbocycles. The molecule has 6 aromatic carbocycles. The second-order valence-electron chi connectivity index (χ2n) is 12.4. The minimum absolute atomic E-state index is 0.587. The fourth-order valence-corrected chi connectivity index (χ4v) is 6.66. The highest BCUT2D eigenvalue weighted by atomic mass is 16.3. The first kappa shape index (κ1) is 29.4. The van der Waals surface area contributed by atoms with Crippen molar-refractivity contribution in [2.24, 2.45) is 0 Å². The maximum atomic E-state index is 6.51. The van der Waals surface area contributed by atoms with Crippen LogP contribution >= 0.6 is 0 Å². The van der Waals surface area contributed by atoms with Crippen LogP contribution in [0.1, 0.15) is 5.56 Å². The van der Waals surface area contributed by atoms with Gasteiger partial charge in [0.15, 0.2) is 17.5 Å². The van der Waals surface area contributed by atoms with Crippen molar-refractivity contribution in [3.63, 3.8) is 0 Å². The Hall–Kier alpha value is -6.72. The van der Waals surface area contributed by atoms with Crippen LogP contribution in [0.15, 0.2) is 168 Å². The van der Waals surface area contributed by atoms with Crippen LogP contribution in [0.3, 0.4) is 0 Å². The van der Waals surface area contributed by atoms with Gasteiger partial charge in [-0.15, -0.1) is 0 Å². The van der Waals surface area contributed by atoms with Crippen LogP contribution in [0, 0.1) is 6.92 Å². The zero-order valence-corrected chi connectivity index (χ0v) is 27.3. The summed E-state index contributed by atoms with van der Waals surface area (Å²) >= 11 is 0. The molecule has 0 N–H and O–H groups in total. The Morgan fingerprint density at radius 1 is 0.400 bits per heavy atom. The van der Waals surface area contributed by atoms with Gasteiger partial charge < -0.3 is 4.42 Å². The van der Waals surface area contributed by atoms with Crippen LogP contribution in [0.25, 0.3) is 89.5 Å². The van der Waals surface area contributed by atoms with Gasteiger partial charge in [-0.3, -0.25) is 4.98 Å². The van der Waals surface area contributed by atoms with Gasteiger partial charge >= 0.3 is 0 Å². The Morgan fingerprint density at radius 3 is 1.78 bits per heavy atom. The number of aromatic nitrogens is 4. The molecule has 5 nitrogen and oxygen atoms in total. The number of pyridine rings is 1. The van der Waals surface area contributed by atoms with E-state index in [9.17, 15) is 0 Å². The SMILES string of the molecule is Cc1ccccc1-c1ccc(-c2nc(-c3ccccc3)nc(-c3ccc4c(c3)oc3cccc(-c5cccc(-c6ccncc6)c5)c34)n2)cc1. The molecule has 0 saturated heterocycles. The molecule has 0 aliphatic heterocycles. The lowest BCUT2D eigenvalue weighted by molar-refractivity contribution is 0.669. The Kier molecular flexibility index (Phi) is 7.29. The maximum absolute atomic E-state index is 6.51. The van der Waals surface area contributed by atoms with E-state index >= 15 is 0 Å². The molecular weight excluding hydrogens is 613 g/mol. The largest absolute Gasteiger partial charge is 0.456 e. The number of nitrogens with zero attached hydrogens (tertiary/aromatic N) is 4. The van der Waals surface area contributed by atoms with E-state index in [1.807, 2.05) is 67.0 Å². The van der Waals surface area contributed by atoms with Gasteiger partial charge in [0.1, 0.15) is 11.2 Å². The summed E-state index contributed by atoms with van der Waals surface area (Å²) in [4.78, 5) is 19.1. The van der Waals surface area contributed by atoms with Crippen LogP contribution in [-0.4, -0.2) is 19.9 Å². The molecule has 236 valence electrons. The summed E-state index contributed by atoms with van der Waals surface area (Å²) in [6, 6.07) is 52.1. The summed E-state index contributed by atoms with van der Waals surface area (Å²) < 4.78 is 6.51. The van der Waals surface area contributed by atoms with Crippen LogP contribution < -0.4 is 0 Å². The van der Waals surface area contributed by atoms with Crippen molar-refractivity contribution in [2.45, 2.75) is 6.92 Å². The van der Waals surface area contributed by atoms with Crippen LogP contribution in [0.4, 0.5) is 0 Å². The summed E-state index contributed by atoms with van der Waals surface area (Å²) in [6.45, 7) is 2.13. The van der Waals surface area contributed by atoms with E-state index in [0.29, 0.717) is 17.5 Å². The van der Waals surface area contributed by atoms with Crippen LogP contribution in [0.5, 0.6) is 0 Å². The number of hydrogen-bond donors (Lipinski definition) is 0. The minimum Gasteiger partial charge on any atom is -0.456 e. The third kappa shape index (κ3) is 5.41. The van der Waals surface area contributed by atoms with Crippen molar-refractivity contribution in [1.82, 2.24) is 19.9 Å². The molecular formula is C45H30N4O. The molecule has 50 heavy (non-hydrogen) atoms. The molecule has 0 radical (unpaired) electrons. The molecule has 0 bridgehead atoms. The number of benzene rings is 6. The van der Waals surface area contributed by atoms with E-state index in [1.54, 1.807) is 0 Å². The monoisotopic (exact) mass is 642 g/mol. The van der Waals surface area contributed by atoms with Gasteiger partial charge in [-0.25, -0.2) is 15.0 Å². The second-order valence-corrected chi connectivity index (χ2v) is 12.4. The van der Waals surface area contributed by atoms with Crippen molar-refractivity contribution in [3.05, 3.63) is 170 Å². The smallest absolute Gasteiger partial charge is 0.164 e. The highest BCUT2D eigenvalue weighted by molar-refractivity contribution is 6.13. The normalized spacial score (nSPS) is 11.3. The Balaban J connectivity index is 1.14. The fraction of sp³-hybridized carbons (Fsp3) is 0.0222. The summed E-state index contributed by atoms with van der Waals surface area (Å²) in [5.74, 6) is 1.82. The Morgan fingerprint density at radius 2 is 1.00 bits per heavy atom.